The van der Waals surface area contributed by atoms with Crippen LogP contribution in [0.15, 0.2) is 41.6 Å². The Morgan fingerprint density at radius 2 is 1.78 bits per heavy atom. The SMILES string of the molecule is COc1ccc(Oc2nc(C)ccc2/C(=N/O)N2CCCN(C)CC2)cc1. The van der Waals surface area contributed by atoms with E-state index in [1.165, 1.54) is 0 Å². The number of oxime groups is 1. The van der Waals surface area contributed by atoms with Crippen LogP contribution in [0.2, 0.25) is 0 Å². The smallest absolute Gasteiger partial charge is 0.230 e. The quantitative estimate of drug-likeness (QED) is 0.386. The molecule has 0 radical (unpaired) electrons. The van der Waals surface area contributed by atoms with Crippen molar-refractivity contribution in [2.75, 3.05) is 40.3 Å². The van der Waals surface area contributed by atoms with Crippen molar-refractivity contribution in [3.8, 4) is 17.4 Å². The second-order valence-electron chi connectivity index (χ2n) is 6.65. The number of aryl methyl sites for hydroxylation is 1. The maximum atomic E-state index is 9.75. The van der Waals surface area contributed by atoms with E-state index < -0.39 is 0 Å². The Hall–Kier alpha value is -2.80. The van der Waals surface area contributed by atoms with Crippen molar-refractivity contribution >= 4 is 5.84 Å². The third kappa shape index (κ3) is 4.68. The van der Waals surface area contributed by atoms with E-state index >= 15 is 0 Å². The van der Waals surface area contributed by atoms with Crippen LogP contribution < -0.4 is 9.47 Å². The first-order valence-electron chi connectivity index (χ1n) is 9.06. The van der Waals surface area contributed by atoms with Crippen molar-refractivity contribution in [2.45, 2.75) is 13.3 Å². The summed E-state index contributed by atoms with van der Waals surface area (Å²) in [5.74, 6) is 2.31. The summed E-state index contributed by atoms with van der Waals surface area (Å²) in [6.45, 7) is 5.44. The van der Waals surface area contributed by atoms with Gasteiger partial charge in [-0.1, -0.05) is 5.16 Å². The predicted molar refractivity (Wildman–Crippen MR) is 104 cm³/mol. The van der Waals surface area contributed by atoms with Gasteiger partial charge < -0.3 is 24.5 Å². The van der Waals surface area contributed by atoms with Gasteiger partial charge in [0.05, 0.1) is 12.7 Å². The molecule has 1 N–H and O–H groups in total. The van der Waals surface area contributed by atoms with Gasteiger partial charge in [0.1, 0.15) is 11.5 Å². The first-order valence-corrected chi connectivity index (χ1v) is 9.06. The van der Waals surface area contributed by atoms with Crippen LogP contribution in [-0.2, 0) is 0 Å². The fourth-order valence-electron chi connectivity index (χ4n) is 3.08. The largest absolute Gasteiger partial charge is 0.497 e. The summed E-state index contributed by atoms with van der Waals surface area (Å²) in [6.07, 6.45) is 1.00. The Kier molecular flexibility index (Phi) is 6.13. The van der Waals surface area contributed by atoms with E-state index in [0.717, 1.165) is 44.0 Å². The summed E-state index contributed by atoms with van der Waals surface area (Å²) in [4.78, 5) is 8.89. The highest BCUT2D eigenvalue weighted by Gasteiger charge is 2.22. The lowest BCUT2D eigenvalue weighted by Gasteiger charge is -2.24. The summed E-state index contributed by atoms with van der Waals surface area (Å²) < 4.78 is 11.2. The second kappa shape index (κ2) is 8.73. The van der Waals surface area contributed by atoms with Gasteiger partial charge in [0.15, 0.2) is 5.84 Å². The van der Waals surface area contributed by atoms with Crippen LogP contribution in [0, 0.1) is 6.92 Å². The molecule has 0 unspecified atom stereocenters. The number of aromatic nitrogens is 1. The molecule has 0 bridgehead atoms. The molecule has 1 aliphatic heterocycles. The molecule has 0 amide bonds. The molecule has 3 rings (SSSR count). The topological polar surface area (TPSA) is 70.4 Å². The van der Waals surface area contributed by atoms with Gasteiger partial charge in [0.25, 0.3) is 0 Å². The van der Waals surface area contributed by atoms with Gasteiger partial charge in [-0.2, -0.15) is 0 Å². The molecule has 7 nitrogen and oxygen atoms in total. The molecule has 27 heavy (non-hydrogen) atoms. The number of nitrogens with zero attached hydrogens (tertiary/aromatic N) is 4. The van der Waals surface area contributed by atoms with Crippen LogP contribution >= 0.6 is 0 Å². The molecule has 2 heterocycles. The van der Waals surface area contributed by atoms with Crippen molar-refractivity contribution < 1.29 is 14.7 Å². The van der Waals surface area contributed by atoms with E-state index in [-0.39, 0.29) is 0 Å². The second-order valence-corrected chi connectivity index (χ2v) is 6.65. The zero-order valence-corrected chi connectivity index (χ0v) is 16.1. The van der Waals surface area contributed by atoms with E-state index in [1.54, 1.807) is 7.11 Å². The molecule has 0 atom stereocenters. The van der Waals surface area contributed by atoms with Crippen molar-refractivity contribution in [3.63, 3.8) is 0 Å². The number of likely N-dealkylation sites (N-methyl/N-ethyl adjacent to an activating group) is 1. The number of methoxy groups -OCH3 is 1. The molecular formula is C20H26N4O3. The van der Waals surface area contributed by atoms with E-state index in [9.17, 15) is 5.21 Å². The molecule has 0 saturated carbocycles. The molecule has 0 aliphatic carbocycles. The van der Waals surface area contributed by atoms with Gasteiger partial charge in [0.2, 0.25) is 5.88 Å². The fraction of sp³-hybridized carbons (Fsp3) is 0.400. The molecule has 7 heteroatoms. The zero-order chi connectivity index (χ0) is 19.2. The maximum absolute atomic E-state index is 9.75. The molecule has 0 spiro atoms. The summed E-state index contributed by atoms with van der Waals surface area (Å²) in [6, 6.07) is 11.1. The fourth-order valence-corrected chi connectivity index (χ4v) is 3.08. The molecule has 144 valence electrons. The highest BCUT2D eigenvalue weighted by molar-refractivity contribution is 6.00. The van der Waals surface area contributed by atoms with Gasteiger partial charge in [0, 0.05) is 25.3 Å². The van der Waals surface area contributed by atoms with Crippen molar-refractivity contribution in [1.29, 1.82) is 0 Å². The lowest BCUT2D eigenvalue weighted by Crippen LogP contribution is -2.35. The Bertz CT molecular complexity index is 792. The van der Waals surface area contributed by atoms with Crippen LogP contribution in [-0.4, -0.2) is 66.2 Å². The Morgan fingerprint density at radius 1 is 1.04 bits per heavy atom. The van der Waals surface area contributed by atoms with E-state index in [2.05, 4.69) is 27.0 Å². The lowest BCUT2D eigenvalue weighted by atomic mass is 10.2. The highest BCUT2D eigenvalue weighted by Crippen LogP contribution is 2.27. The minimum absolute atomic E-state index is 0.422. The van der Waals surface area contributed by atoms with Gasteiger partial charge >= 0.3 is 0 Å². The van der Waals surface area contributed by atoms with E-state index in [1.807, 2.05) is 43.3 Å². The Labute approximate surface area is 159 Å². The molecule has 2 aromatic rings. The summed E-state index contributed by atoms with van der Waals surface area (Å²) in [7, 11) is 3.73. The summed E-state index contributed by atoms with van der Waals surface area (Å²) >= 11 is 0. The number of hydrogen-bond acceptors (Lipinski definition) is 6. The average molecular weight is 370 g/mol. The molecule has 1 saturated heterocycles. The number of hydrogen-bond donors (Lipinski definition) is 1. The molecule has 1 aromatic heterocycles. The average Bonchev–Trinajstić information content (AvgIpc) is 2.89. The monoisotopic (exact) mass is 370 g/mol. The van der Waals surface area contributed by atoms with Gasteiger partial charge in [-0.3, -0.25) is 0 Å². The lowest BCUT2D eigenvalue weighted by molar-refractivity contribution is 0.298. The summed E-state index contributed by atoms with van der Waals surface area (Å²) in [5, 5.41) is 13.3. The van der Waals surface area contributed by atoms with Gasteiger partial charge in [-0.05, 0) is 63.3 Å². The highest BCUT2D eigenvalue weighted by atomic mass is 16.5. The Balaban J connectivity index is 1.89. The van der Waals surface area contributed by atoms with Crippen LogP contribution in [0.4, 0.5) is 0 Å². The van der Waals surface area contributed by atoms with E-state index in [0.29, 0.717) is 23.0 Å². The summed E-state index contributed by atoms with van der Waals surface area (Å²) in [5.41, 5.74) is 1.50. The Morgan fingerprint density at radius 3 is 2.48 bits per heavy atom. The number of benzene rings is 1. The van der Waals surface area contributed by atoms with Gasteiger partial charge in [-0.25, -0.2) is 4.98 Å². The molecule has 1 fully saturated rings. The van der Waals surface area contributed by atoms with Crippen LogP contribution in [0.5, 0.6) is 17.4 Å². The standard InChI is InChI=1S/C20H26N4O3/c1-15-5-10-18(19(22-25)24-12-4-11-23(2)13-14-24)20(21-15)27-17-8-6-16(26-3)7-9-17/h5-10,25H,4,11-14H2,1-3H3/b22-19-. The number of pyridine rings is 1. The number of rotatable bonds is 4. The first-order chi connectivity index (χ1) is 13.1. The van der Waals surface area contributed by atoms with Crippen molar-refractivity contribution in [2.24, 2.45) is 5.16 Å². The van der Waals surface area contributed by atoms with Crippen molar-refractivity contribution in [1.82, 2.24) is 14.8 Å². The minimum Gasteiger partial charge on any atom is -0.497 e. The van der Waals surface area contributed by atoms with Crippen molar-refractivity contribution in [3.05, 3.63) is 47.7 Å². The van der Waals surface area contributed by atoms with Crippen LogP contribution in [0.3, 0.4) is 0 Å². The molecular weight excluding hydrogens is 344 g/mol. The van der Waals surface area contributed by atoms with E-state index in [4.69, 9.17) is 9.47 Å². The minimum atomic E-state index is 0.422. The third-order valence-electron chi connectivity index (χ3n) is 4.63. The van der Waals surface area contributed by atoms with Gasteiger partial charge in [-0.15, -0.1) is 0 Å². The normalized spacial score (nSPS) is 16.1. The van der Waals surface area contributed by atoms with Crippen LogP contribution in [0.1, 0.15) is 17.7 Å². The first kappa shape index (κ1) is 19.0. The van der Waals surface area contributed by atoms with Crippen LogP contribution in [0.25, 0.3) is 0 Å². The molecule has 1 aliphatic rings. The molecule has 1 aromatic carbocycles. The zero-order valence-electron chi connectivity index (χ0n) is 16.1. The number of amidine groups is 1. The predicted octanol–water partition coefficient (Wildman–Crippen LogP) is 2.96. The maximum Gasteiger partial charge on any atom is 0.230 e. The number of ether oxygens (including phenoxy) is 2. The third-order valence-corrected chi connectivity index (χ3v) is 4.63.